The molecule has 1 aromatic heterocycles. The summed E-state index contributed by atoms with van der Waals surface area (Å²) in [5.41, 5.74) is 2.16. The molecule has 0 radical (unpaired) electrons. The van der Waals surface area contributed by atoms with E-state index in [0.717, 1.165) is 5.01 Å². The highest BCUT2D eigenvalue weighted by Crippen LogP contribution is 2.05. The number of hydrogen-bond acceptors (Lipinski definition) is 4. The summed E-state index contributed by atoms with van der Waals surface area (Å²) in [5.74, 6) is -0.298. The maximum atomic E-state index is 10.8. The zero-order valence-electron chi connectivity index (χ0n) is 6.48. The number of hydroxylamine groups is 1. The van der Waals surface area contributed by atoms with E-state index in [-0.39, 0.29) is 5.91 Å². The predicted octanol–water partition coefficient (Wildman–Crippen LogP) is 0.834. The Balaban J connectivity index is 2.45. The summed E-state index contributed by atoms with van der Waals surface area (Å²) in [6, 6.07) is 0. The highest BCUT2D eigenvalue weighted by atomic mass is 32.1. The van der Waals surface area contributed by atoms with Crippen LogP contribution in [0.1, 0.15) is 5.01 Å². The van der Waals surface area contributed by atoms with E-state index in [9.17, 15) is 4.79 Å². The molecule has 0 aliphatic heterocycles. The molecule has 0 fully saturated rings. The van der Waals surface area contributed by atoms with Crippen LogP contribution >= 0.6 is 11.3 Å². The minimum Gasteiger partial charge on any atom is -0.277 e. The SMILES string of the molecule is CONC(=O)/C=C/c1nccs1. The van der Waals surface area contributed by atoms with Gasteiger partial charge in [-0.25, -0.2) is 10.5 Å². The van der Waals surface area contributed by atoms with E-state index in [1.807, 2.05) is 5.38 Å². The molecule has 1 amide bonds. The van der Waals surface area contributed by atoms with Crippen LogP contribution in [-0.4, -0.2) is 18.0 Å². The van der Waals surface area contributed by atoms with E-state index < -0.39 is 0 Å². The minimum absolute atomic E-state index is 0.298. The molecule has 1 rings (SSSR count). The lowest BCUT2D eigenvalue weighted by Gasteiger charge is -1.93. The molecule has 0 unspecified atom stereocenters. The first kappa shape index (κ1) is 8.89. The number of carbonyl (C=O) groups excluding carboxylic acids is 1. The van der Waals surface area contributed by atoms with Gasteiger partial charge in [-0.1, -0.05) is 0 Å². The Morgan fingerprint density at radius 1 is 1.83 bits per heavy atom. The lowest BCUT2D eigenvalue weighted by atomic mass is 10.5. The van der Waals surface area contributed by atoms with Crippen LogP contribution in [-0.2, 0) is 9.63 Å². The molecule has 0 aliphatic rings. The number of thiazole rings is 1. The smallest absolute Gasteiger partial charge is 0.267 e. The minimum atomic E-state index is -0.298. The summed E-state index contributed by atoms with van der Waals surface area (Å²) >= 11 is 1.46. The van der Waals surface area contributed by atoms with Gasteiger partial charge in [0, 0.05) is 17.7 Å². The highest BCUT2D eigenvalue weighted by molar-refractivity contribution is 7.10. The van der Waals surface area contributed by atoms with Gasteiger partial charge in [0.25, 0.3) is 5.91 Å². The van der Waals surface area contributed by atoms with Gasteiger partial charge in [-0.3, -0.25) is 9.63 Å². The van der Waals surface area contributed by atoms with Crippen LogP contribution in [0.2, 0.25) is 0 Å². The molecule has 64 valence electrons. The summed E-state index contributed by atoms with van der Waals surface area (Å²) in [4.78, 5) is 19.2. The Hall–Kier alpha value is -1.20. The molecule has 0 aromatic carbocycles. The van der Waals surface area contributed by atoms with Crippen LogP contribution in [0.5, 0.6) is 0 Å². The van der Waals surface area contributed by atoms with E-state index in [1.54, 1.807) is 12.3 Å². The van der Waals surface area contributed by atoms with Crippen molar-refractivity contribution in [2.24, 2.45) is 0 Å². The summed E-state index contributed by atoms with van der Waals surface area (Å²) in [5, 5.41) is 2.63. The topological polar surface area (TPSA) is 51.2 Å². The monoisotopic (exact) mass is 184 g/mol. The fourth-order valence-electron chi connectivity index (χ4n) is 0.598. The first-order valence-corrected chi connectivity index (χ1v) is 4.11. The fourth-order valence-corrected chi connectivity index (χ4v) is 1.13. The van der Waals surface area contributed by atoms with Crippen LogP contribution in [0, 0.1) is 0 Å². The normalized spacial score (nSPS) is 10.4. The van der Waals surface area contributed by atoms with Crippen LogP contribution < -0.4 is 5.48 Å². The van der Waals surface area contributed by atoms with Crippen molar-refractivity contribution >= 4 is 23.3 Å². The summed E-state index contributed by atoms with van der Waals surface area (Å²) < 4.78 is 0. The molecular weight excluding hydrogens is 176 g/mol. The number of nitrogens with one attached hydrogen (secondary N) is 1. The zero-order chi connectivity index (χ0) is 8.81. The largest absolute Gasteiger partial charge is 0.277 e. The third-order valence-electron chi connectivity index (χ3n) is 1.03. The summed E-state index contributed by atoms with van der Waals surface area (Å²) in [7, 11) is 1.38. The van der Waals surface area contributed by atoms with Crippen molar-refractivity contribution < 1.29 is 9.63 Å². The Kier molecular flexibility index (Phi) is 3.43. The quantitative estimate of drug-likeness (QED) is 0.559. The lowest BCUT2D eigenvalue weighted by molar-refractivity contribution is -0.126. The average molecular weight is 184 g/mol. The molecule has 4 nitrogen and oxygen atoms in total. The molecule has 1 heterocycles. The van der Waals surface area contributed by atoms with E-state index in [1.165, 1.54) is 24.5 Å². The van der Waals surface area contributed by atoms with Crippen molar-refractivity contribution in [3.05, 3.63) is 22.7 Å². The fraction of sp³-hybridized carbons (Fsp3) is 0.143. The maximum Gasteiger partial charge on any atom is 0.267 e. The zero-order valence-corrected chi connectivity index (χ0v) is 7.30. The number of amides is 1. The van der Waals surface area contributed by atoms with Gasteiger partial charge in [0.1, 0.15) is 5.01 Å². The van der Waals surface area contributed by atoms with Crippen molar-refractivity contribution in [1.82, 2.24) is 10.5 Å². The Morgan fingerprint density at radius 2 is 2.67 bits per heavy atom. The molecule has 0 spiro atoms. The van der Waals surface area contributed by atoms with Gasteiger partial charge >= 0.3 is 0 Å². The number of nitrogens with zero attached hydrogens (tertiary/aromatic N) is 1. The van der Waals surface area contributed by atoms with Gasteiger partial charge < -0.3 is 0 Å². The van der Waals surface area contributed by atoms with E-state index in [0.29, 0.717) is 0 Å². The molecule has 0 atom stereocenters. The van der Waals surface area contributed by atoms with E-state index >= 15 is 0 Å². The molecule has 0 saturated carbocycles. The van der Waals surface area contributed by atoms with Crippen LogP contribution in [0.3, 0.4) is 0 Å². The van der Waals surface area contributed by atoms with Crippen LogP contribution in [0.25, 0.3) is 6.08 Å². The van der Waals surface area contributed by atoms with E-state index in [4.69, 9.17) is 0 Å². The van der Waals surface area contributed by atoms with Crippen molar-refractivity contribution in [2.75, 3.05) is 7.11 Å². The second-order valence-corrected chi connectivity index (χ2v) is 2.80. The molecule has 0 bridgehead atoms. The third-order valence-corrected chi connectivity index (χ3v) is 1.77. The standard InChI is InChI=1S/C7H8N2O2S/c1-11-9-6(10)2-3-7-8-4-5-12-7/h2-5H,1H3,(H,9,10)/b3-2+. The predicted molar refractivity (Wildman–Crippen MR) is 46.3 cm³/mol. The lowest BCUT2D eigenvalue weighted by Crippen LogP contribution is -2.18. The number of aromatic nitrogens is 1. The Labute approximate surface area is 73.8 Å². The van der Waals surface area contributed by atoms with Gasteiger partial charge in [-0.15, -0.1) is 11.3 Å². The van der Waals surface area contributed by atoms with Gasteiger partial charge in [0.2, 0.25) is 0 Å². The highest BCUT2D eigenvalue weighted by Gasteiger charge is 1.92. The first-order chi connectivity index (χ1) is 5.83. The van der Waals surface area contributed by atoms with Gasteiger partial charge in [-0.2, -0.15) is 0 Å². The molecule has 0 aliphatic carbocycles. The maximum absolute atomic E-state index is 10.8. The molecule has 1 aromatic rings. The summed E-state index contributed by atoms with van der Waals surface area (Å²) in [6.45, 7) is 0. The van der Waals surface area contributed by atoms with E-state index in [2.05, 4.69) is 15.3 Å². The molecule has 0 saturated heterocycles. The average Bonchev–Trinajstić information content (AvgIpc) is 2.53. The Morgan fingerprint density at radius 3 is 3.25 bits per heavy atom. The van der Waals surface area contributed by atoms with Crippen LogP contribution in [0.4, 0.5) is 0 Å². The molecular formula is C7H8N2O2S. The van der Waals surface area contributed by atoms with Crippen molar-refractivity contribution in [3.63, 3.8) is 0 Å². The van der Waals surface area contributed by atoms with Gasteiger partial charge in [-0.05, 0) is 6.08 Å². The van der Waals surface area contributed by atoms with Gasteiger partial charge in [0.05, 0.1) is 7.11 Å². The van der Waals surface area contributed by atoms with Crippen LogP contribution in [0.15, 0.2) is 17.7 Å². The second kappa shape index (κ2) is 4.63. The Bertz CT molecular complexity index is 269. The molecule has 12 heavy (non-hydrogen) atoms. The van der Waals surface area contributed by atoms with Gasteiger partial charge in [0.15, 0.2) is 0 Å². The summed E-state index contributed by atoms with van der Waals surface area (Å²) in [6.07, 6.45) is 4.67. The van der Waals surface area contributed by atoms with Crippen molar-refractivity contribution in [2.45, 2.75) is 0 Å². The number of rotatable bonds is 3. The second-order valence-electron chi connectivity index (χ2n) is 1.87. The molecule has 5 heteroatoms. The van der Waals surface area contributed by atoms with Crippen molar-refractivity contribution in [3.8, 4) is 0 Å². The molecule has 1 N–H and O–H groups in total. The number of hydrogen-bond donors (Lipinski definition) is 1. The van der Waals surface area contributed by atoms with Crippen molar-refractivity contribution in [1.29, 1.82) is 0 Å². The third kappa shape index (κ3) is 2.81. The first-order valence-electron chi connectivity index (χ1n) is 3.23. The number of carbonyl (C=O) groups is 1.